The van der Waals surface area contributed by atoms with Crippen LogP contribution in [0.4, 0.5) is 0 Å². The molecule has 2 fully saturated rings. The third-order valence-corrected chi connectivity index (χ3v) is 6.28. The van der Waals surface area contributed by atoms with E-state index in [1.54, 1.807) is 0 Å². The minimum atomic E-state index is -0.614. The van der Waals surface area contributed by atoms with Crippen molar-refractivity contribution in [3.05, 3.63) is 0 Å². The standard InChI is InChI=1S/C16H31NO3S/c1-2-13-5-3-4-6-16(13)20-12-15(18)11-17-14-7-9-21(19)10-8-14/h13-18H,2-12H2,1H3. The Hall–Kier alpha value is 0.0300. The summed E-state index contributed by atoms with van der Waals surface area (Å²) < 4.78 is 17.3. The summed E-state index contributed by atoms with van der Waals surface area (Å²) in [6, 6.07) is 0.412. The van der Waals surface area contributed by atoms with Crippen molar-refractivity contribution in [2.75, 3.05) is 24.7 Å². The van der Waals surface area contributed by atoms with E-state index in [1.807, 2.05) is 0 Å². The van der Waals surface area contributed by atoms with Gasteiger partial charge in [-0.3, -0.25) is 4.21 Å². The van der Waals surface area contributed by atoms with Crippen LogP contribution in [0.15, 0.2) is 0 Å². The van der Waals surface area contributed by atoms with Crippen molar-refractivity contribution in [3.63, 3.8) is 0 Å². The lowest BCUT2D eigenvalue weighted by Crippen LogP contribution is -2.41. The first-order chi connectivity index (χ1) is 10.2. The highest BCUT2D eigenvalue weighted by atomic mass is 32.2. The lowest BCUT2D eigenvalue weighted by molar-refractivity contribution is -0.0503. The quantitative estimate of drug-likeness (QED) is 0.752. The van der Waals surface area contributed by atoms with Gasteiger partial charge >= 0.3 is 0 Å². The van der Waals surface area contributed by atoms with Crippen LogP contribution in [0.25, 0.3) is 0 Å². The Kier molecular flexibility index (Phi) is 7.64. The molecule has 0 amide bonds. The summed E-state index contributed by atoms with van der Waals surface area (Å²) in [5.41, 5.74) is 0. The van der Waals surface area contributed by atoms with E-state index in [2.05, 4.69) is 12.2 Å². The molecular weight excluding hydrogens is 286 g/mol. The maximum atomic E-state index is 11.3. The van der Waals surface area contributed by atoms with E-state index in [9.17, 15) is 9.32 Å². The van der Waals surface area contributed by atoms with Crippen LogP contribution in [0, 0.1) is 5.92 Å². The van der Waals surface area contributed by atoms with Gasteiger partial charge < -0.3 is 15.2 Å². The molecule has 0 aromatic heterocycles. The highest BCUT2D eigenvalue weighted by Crippen LogP contribution is 2.29. The Labute approximate surface area is 131 Å². The lowest BCUT2D eigenvalue weighted by atomic mass is 9.85. The first-order valence-corrected chi connectivity index (χ1v) is 10.1. The zero-order valence-corrected chi connectivity index (χ0v) is 14.1. The molecule has 1 saturated heterocycles. The zero-order valence-electron chi connectivity index (χ0n) is 13.3. The predicted molar refractivity (Wildman–Crippen MR) is 86.9 cm³/mol. The highest BCUT2D eigenvalue weighted by Gasteiger charge is 2.25. The number of ether oxygens (including phenoxy) is 1. The number of aliphatic hydroxyl groups is 1. The normalized spacial score (nSPS) is 35.5. The van der Waals surface area contributed by atoms with Crippen molar-refractivity contribution < 1.29 is 14.1 Å². The largest absolute Gasteiger partial charge is 0.389 e. The van der Waals surface area contributed by atoms with Gasteiger partial charge in [-0.15, -0.1) is 0 Å². The van der Waals surface area contributed by atoms with Gasteiger partial charge in [-0.25, -0.2) is 0 Å². The van der Waals surface area contributed by atoms with Crippen LogP contribution in [0.1, 0.15) is 51.9 Å². The molecule has 2 aliphatic rings. The predicted octanol–water partition coefficient (Wildman–Crippen LogP) is 1.83. The number of hydrogen-bond donors (Lipinski definition) is 2. The number of nitrogens with one attached hydrogen (secondary N) is 1. The third kappa shape index (κ3) is 5.97. The Morgan fingerprint density at radius 3 is 2.67 bits per heavy atom. The van der Waals surface area contributed by atoms with Gasteiger partial charge in [-0.05, 0) is 31.6 Å². The van der Waals surface area contributed by atoms with Crippen molar-refractivity contribution in [3.8, 4) is 0 Å². The second-order valence-electron chi connectivity index (χ2n) is 6.51. The van der Waals surface area contributed by atoms with E-state index in [1.165, 1.54) is 25.7 Å². The van der Waals surface area contributed by atoms with E-state index in [-0.39, 0.29) is 0 Å². The Bertz CT molecular complexity index is 317. The molecule has 1 aliphatic heterocycles. The summed E-state index contributed by atoms with van der Waals surface area (Å²) in [7, 11) is -0.614. The van der Waals surface area contributed by atoms with Crippen LogP contribution in [0.2, 0.25) is 0 Å². The third-order valence-electron chi connectivity index (χ3n) is 4.90. The Balaban J connectivity index is 1.60. The van der Waals surface area contributed by atoms with Crippen LogP contribution < -0.4 is 5.32 Å². The fourth-order valence-electron chi connectivity index (χ4n) is 3.45. The van der Waals surface area contributed by atoms with Gasteiger partial charge in [0.25, 0.3) is 0 Å². The number of hydrogen-bond acceptors (Lipinski definition) is 4. The topological polar surface area (TPSA) is 58.6 Å². The van der Waals surface area contributed by atoms with Gasteiger partial charge in [0, 0.05) is 34.9 Å². The molecule has 1 heterocycles. The molecule has 1 saturated carbocycles. The maximum Gasteiger partial charge on any atom is 0.0897 e. The zero-order chi connectivity index (χ0) is 15.1. The van der Waals surface area contributed by atoms with E-state index >= 15 is 0 Å². The fraction of sp³-hybridized carbons (Fsp3) is 1.00. The van der Waals surface area contributed by atoms with Gasteiger partial charge in [0.1, 0.15) is 0 Å². The van der Waals surface area contributed by atoms with Gasteiger partial charge in [-0.2, -0.15) is 0 Å². The van der Waals surface area contributed by atoms with Crippen LogP contribution >= 0.6 is 0 Å². The van der Waals surface area contributed by atoms with E-state index in [0.717, 1.165) is 30.8 Å². The first kappa shape index (κ1) is 17.4. The molecule has 2 rings (SSSR count). The second kappa shape index (κ2) is 9.23. The average Bonchev–Trinajstić information content (AvgIpc) is 2.52. The molecule has 0 bridgehead atoms. The highest BCUT2D eigenvalue weighted by molar-refractivity contribution is 7.85. The first-order valence-electron chi connectivity index (χ1n) is 8.57. The SMILES string of the molecule is CCC1CCCCC1OCC(O)CNC1CCS(=O)CC1. The monoisotopic (exact) mass is 317 g/mol. The Morgan fingerprint density at radius 1 is 1.24 bits per heavy atom. The van der Waals surface area contributed by atoms with Crippen LogP contribution in [0.3, 0.4) is 0 Å². The summed E-state index contributed by atoms with van der Waals surface area (Å²) in [5, 5.41) is 13.5. The molecule has 21 heavy (non-hydrogen) atoms. The lowest BCUT2D eigenvalue weighted by Gasteiger charge is -2.31. The minimum Gasteiger partial charge on any atom is -0.389 e. The van der Waals surface area contributed by atoms with E-state index in [4.69, 9.17) is 4.74 Å². The van der Waals surface area contributed by atoms with Gasteiger partial charge in [0.2, 0.25) is 0 Å². The van der Waals surface area contributed by atoms with Crippen molar-refractivity contribution in [2.45, 2.75) is 70.1 Å². The molecule has 4 nitrogen and oxygen atoms in total. The average molecular weight is 317 g/mol. The molecule has 3 atom stereocenters. The molecule has 0 spiro atoms. The summed E-state index contributed by atoms with van der Waals surface area (Å²) in [4.78, 5) is 0. The smallest absolute Gasteiger partial charge is 0.0897 e. The molecule has 0 aromatic carbocycles. The van der Waals surface area contributed by atoms with Crippen LogP contribution in [-0.2, 0) is 15.5 Å². The van der Waals surface area contributed by atoms with Crippen LogP contribution in [0.5, 0.6) is 0 Å². The molecular formula is C16H31NO3S. The fourth-order valence-corrected chi connectivity index (χ4v) is 4.75. The van der Waals surface area contributed by atoms with E-state index < -0.39 is 16.9 Å². The summed E-state index contributed by atoms with van der Waals surface area (Å²) in [5.74, 6) is 2.27. The van der Waals surface area contributed by atoms with E-state index in [0.29, 0.717) is 31.2 Å². The molecule has 0 aromatic rings. The van der Waals surface area contributed by atoms with Gasteiger partial charge in [-0.1, -0.05) is 26.2 Å². The summed E-state index contributed by atoms with van der Waals surface area (Å²) in [6.45, 7) is 3.25. The molecule has 3 unspecified atom stereocenters. The van der Waals surface area contributed by atoms with Crippen molar-refractivity contribution in [1.82, 2.24) is 5.32 Å². The van der Waals surface area contributed by atoms with Crippen molar-refractivity contribution in [1.29, 1.82) is 0 Å². The van der Waals surface area contributed by atoms with Crippen LogP contribution in [-0.4, -0.2) is 52.2 Å². The molecule has 1 aliphatic carbocycles. The van der Waals surface area contributed by atoms with Crippen molar-refractivity contribution >= 4 is 10.8 Å². The molecule has 2 N–H and O–H groups in total. The minimum absolute atomic E-state index is 0.343. The van der Waals surface area contributed by atoms with Gasteiger partial charge in [0.15, 0.2) is 0 Å². The Morgan fingerprint density at radius 2 is 1.95 bits per heavy atom. The molecule has 124 valence electrons. The second-order valence-corrected chi connectivity index (χ2v) is 8.21. The molecule has 0 radical (unpaired) electrons. The number of aliphatic hydroxyl groups excluding tert-OH is 1. The summed E-state index contributed by atoms with van der Waals surface area (Å²) in [6.07, 6.45) is 8.01. The van der Waals surface area contributed by atoms with Gasteiger partial charge in [0.05, 0.1) is 18.8 Å². The maximum absolute atomic E-state index is 11.3. The number of rotatable bonds is 7. The summed E-state index contributed by atoms with van der Waals surface area (Å²) >= 11 is 0. The molecule has 5 heteroatoms. The van der Waals surface area contributed by atoms with Crippen molar-refractivity contribution in [2.24, 2.45) is 5.92 Å².